The van der Waals surface area contributed by atoms with Crippen molar-refractivity contribution in [2.24, 2.45) is 5.73 Å². The summed E-state index contributed by atoms with van der Waals surface area (Å²) in [4.78, 5) is 31.1. The van der Waals surface area contributed by atoms with Gasteiger partial charge in [-0.2, -0.15) is 13.2 Å². The van der Waals surface area contributed by atoms with E-state index in [-0.39, 0.29) is 30.8 Å². The van der Waals surface area contributed by atoms with Gasteiger partial charge in [-0.25, -0.2) is 18.2 Å². The molecule has 4 rings (SSSR count). The van der Waals surface area contributed by atoms with Crippen molar-refractivity contribution < 1.29 is 35.9 Å². The predicted octanol–water partition coefficient (Wildman–Crippen LogP) is 2.73. The Labute approximate surface area is 196 Å². The number of hydrogen-bond donors (Lipinski definition) is 2. The summed E-state index contributed by atoms with van der Waals surface area (Å²) in [5.41, 5.74) is 4.15. The van der Waals surface area contributed by atoms with Gasteiger partial charge in [0.2, 0.25) is 5.82 Å². The van der Waals surface area contributed by atoms with Crippen molar-refractivity contribution in [1.82, 2.24) is 19.8 Å². The van der Waals surface area contributed by atoms with E-state index < -0.39 is 65.3 Å². The predicted molar refractivity (Wildman–Crippen MR) is 111 cm³/mol. The SMILES string of the molecule is NC(CC(=O)C1CNCc2c(C(F)(F)F)nc(C(=O)N3CCCC3)n21)Cc1cc(F)c(F)cc1F. The highest BCUT2D eigenvalue weighted by Gasteiger charge is 2.44. The molecule has 1 amide bonds. The summed E-state index contributed by atoms with van der Waals surface area (Å²) in [6, 6.07) is -1.22. The minimum Gasteiger partial charge on any atom is -0.336 e. The van der Waals surface area contributed by atoms with Crippen LogP contribution in [0.2, 0.25) is 0 Å². The number of rotatable bonds is 6. The molecule has 1 aromatic carbocycles. The fourth-order valence-electron chi connectivity index (χ4n) is 4.56. The van der Waals surface area contributed by atoms with Crippen LogP contribution in [-0.2, 0) is 23.9 Å². The number of Topliss-reactive ketones (excluding diaryl/α,β-unsaturated/α-hetero) is 1. The lowest BCUT2D eigenvalue weighted by atomic mass is 9.97. The molecule has 1 aromatic heterocycles. The molecule has 2 aliphatic heterocycles. The van der Waals surface area contributed by atoms with Crippen LogP contribution in [-0.4, -0.2) is 51.8 Å². The number of nitrogens with two attached hydrogens (primary N) is 1. The number of imidazole rings is 1. The van der Waals surface area contributed by atoms with Gasteiger partial charge in [-0.05, 0) is 30.9 Å². The number of alkyl halides is 3. The van der Waals surface area contributed by atoms with Crippen molar-refractivity contribution in [3.63, 3.8) is 0 Å². The molecule has 7 nitrogen and oxygen atoms in total. The van der Waals surface area contributed by atoms with Gasteiger partial charge in [0.1, 0.15) is 11.9 Å². The highest BCUT2D eigenvalue weighted by atomic mass is 19.4. The number of carbonyl (C=O) groups is 2. The molecule has 2 unspecified atom stereocenters. The molecule has 0 aliphatic carbocycles. The average molecular weight is 503 g/mol. The average Bonchev–Trinajstić information content (AvgIpc) is 3.45. The van der Waals surface area contributed by atoms with Crippen LogP contribution >= 0.6 is 0 Å². The van der Waals surface area contributed by atoms with Gasteiger partial charge >= 0.3 is 6.18 Å². The maximum atomic E-state index is 14.0. The second-order valence-corrected chi connectivity index (χ2v) is 8.74. The van der Waals surface area contributed by atoms with Crippen LogP contribution in [0.4, 0.5) is 26.3 Å². The molecule has 0 saturated carbocycles. The fourth-order valence-corrected chi connectivity index (χ4v) is 4.56. The third-order valence-corrected chi connectivity index (χ3v) is 6.21. The summed E-state index contributed by atoms with van der Waals surface area (Å²) in [5, 5.41) is 2.75. The lowest BCUT2D eigenvalue weighted by molar-refractivity contribution is -0.142. The summed E-state index contributed by atoms with van der Waals surface area (Å²) in [7, 11) is 0. The molecule has 2 aromatic rings. The van der Waals surface area contributed by atoms with E-state index in [1.807, 2.05) is 0 Å². The van der Waals surface area contributed by atoms with Gasteiger partial charge in [-0.3, -0.25) is 9.59 Å². The molecule has 3 heterocycles. The van der Waals surface area contributed by atoms with Crippen molar-refractivity contribution in [1.29, 1.82) is 0 Å². The number of carbonyl (C=O) groups excluding carboxylic acids is 2. The van der Waals surface area contributed by atoms with Crippen molar-refractivity contribution in [3.05, 3.63) is 52.4 Å². The highest BCUT2D eigenvalue weighted by molar-refractivity contribution is 5.93. The van der Waals surface area contributed by atoms with E-state index in [4.69, 9.17) is 5.73 Å². The summed E-state index contributed by atoms with van der Waals surface area (Å²) in [6.07, 6.45) is -4.12. The monoisotopic (exact) mass is 503 g/mol. The first kappa shape index (κ1) is 25.2. The van der Waals surface area contributed by atoms with Gasteiger partial charge in [-0.15, -0.1) is 0 Å². The van der Waals surface area contributed by atoms with Gasteiger partial charge < -0.3 is 20.5 Å². The Hall–Kier alpha value is -2.93. The number of hydrogen-bond acceptors (Lipinski definition) is 5. The molecule has 190 valence electrons. The van der Waals surface area contributed by atoms with E-state index in [2.05, 4.69) is 10.3 Å². The van der Waals surface area contributed by atoms with Crippen molar-refractivity contribution in [2.45, 2.75) is 50.5 Å². The molecule has 0 radical (unpaired) electrons. The Morgan fingerprint density at radius 3 is 2.43 bits per heavy atom. The first-order chi connectivity index (χ1) is 16.5. The van der Waals surface area contributed by atoms with Crippen LogP contribution in [0.3, 0.4) is 0 Å². The van der Waals surface area contributed by atoms with Crippen LogP contribution in [0.25, 0.3) is 0 Å². The Balaban J connectivity index is 1.61. The van der Waals surface area contributed by atoms with E-state index in [0.29, 0.717) is 38.1 Å². The topological polar surface area (TPSA) is 93.2 Å². The van der Waals surface area contributed by atoms with E-state index in [1.54, 1.807) is 0 Å². The number of likely N-dealkylation sites (tertiary alicyclic amines) is 1. The molecular formula is C22H23F6N5O2. The van der Waals surface area contributed by atoms with Crippen molar-refractivity contribution in [2.75, 3.05) is 19.6 Å². The zero-order valence-electron chi connectivity index (χ0n) is 18.5. The molecule has 0 spiro atoms. The van der Waals surface area contributed by atoms with E-state index in [9.17, 15) is 35.9 Å². The Morgan fingerprint density at radius 2 is 1.77 bits per heavy atom. The first-order valence-corrected chi connectivity index (χ1v) is 11.1. The molecule has 13 heteroatoms. The molecule has 1 fully saturated rings. The summed E-state index contributed by atoms with van der Waals surface area (Å²) in [5.74, 6) is -5.43. The Bertz CT molecular complexity index is 1140. The van der Waals surface area contributed by atoms with E-state index in [1.165, 1.54) is 4.90 Å². The molecular weight excluding hydrogens is 480 g/mol. The quantitative estimate of drug-likeness (QED) is 0.467. The first-order valence-electron chi connectivity index (χ1n) is 11.1. The zero-order chi connectivity index (χ0) is 25.5. The molecule has 2 atom stereocenters. The van der Waals surface area contributed by atoms with Gasteiger partial charge in [0.05, 0.1) is 5.69 Å². The largest absolute Gasteiger partial charge is 0.435 e. The van der Waals surface area contributed by atoms with Gasteiger partial charge in [-0.1, -0.05) is 0 Å². The number of halogens is 6. The normalized spacial score (nSPS) is 19.1. The van der Waals surface area contributed by atoms with Crippen LogP contribution in [0.5, 0.6) is 0 Å². The zero-order valence-corrected chi connectivity index (χ0v) is 18.5. The van der Waals surface area contributed by atoms with Crippen LogP contribution in [0, 0.1) is 17.5 Å². The van der Waals surface area contributed by atoms with Crippen LogP contribution in [0.1, 0.15) is 52.9 Å². The number of ketones is 1. The third-order valence-electron chi connectivity index (χ3n) is 6.21. The smallest absolute Gasteiger partial charge is 0.336 e. The summed E-state index contributed by atoms with van der Waals surface area (Å²) < 4.78 is 82.7. The van der Waals surface area contributed by atoms with E-state index >= 15 is 0 Å². The molecule has 35 heavy (non-hydrogen) atoms. The molecule has 0 bridgehead atoms. The number of aromatic nitrogens is 2. The number of benzene rings is 1. The van der Waals surface area contributed by atoms with Crippen LogP contribution < -0.4 is 11.1 Å². The lowest BCUT2D eigenvalue weighted by Crippen LogP contribution is -2.42. The van der Waals surface area contributed by atoms with Gasteiger partial charge in [0.15, 0.2) is 23.1 Å². The summed E-state index contributed by atoms with van der Waals surface area (Å²) >= 11 is 0. The van der Waals surface area contributed by atoms with Crippen molar-refractivity contribution >= 4 is 11.7 Å². The lowest BCUT2D eigenvalue weighted by Gasteiger charge is -2.29. The summed E-state index contributed by atoms with van der Waals surface area (Å²) in [6.45, 7) is 0.449. The van der Waals surface area contributed by atoms with Gasteiger partial charge in [0.25, 0.3) is 5.91 Å². The van der Waals surface area contributed by atoms with Crippen LogP contribution in [0.15, 0.2) is 12.1 Å². The number of fused-ring (bicyclic) bond motifs is 1. The third kappa shape index (κ3) is 5.06. The van der Waals surface area contributed by atoms with Crippen molar-refractivity contribution in [3.8, 4) is 0 Å². The standard InChI is InChI=1S/C22H23F6N5O2/c23-13-8-15(25)14(24)6-11(13)5-12(29)7-18(34)16-9-30-10-17-19(22(26,27)28)31-20(33(16)17)21(35)32-3-1-2-4-32/h6,8,12,16,30H,1-5,7,9-10,29H2. The minimum atomic E-state index is -4.84. The Kier molecular flexibility index (Phi) is 6.91. The maximum Gasteiger partial charge on any atom is 0.435 e. The van der Waals surface area contributed by atoms with E-state index in [0.717, 1.165) is 4.57 Å². The number of nitrogens with one attached hydrogen (secondary N) is 1. The fraction of sp³-hybridized carbons (Fsp3) is 0.500. The minimum absolute atomic E-state index is 0.0635. The second-order valence-electron chi connectivity index (χ2n) is 8.74. The molecule has 3 N–H and O–H groups in total. The second kappa shape index (κ2) is 9.61. The highest BCUT2D eigenvalue weighted by Crippen LogP contribution is 2.35. The number of amides is 1. The number of nitrogens with zero attached hydrogens (tertiary/aromatic N) is 3. The molecule has 2 aliphatic rings. The maximum absolute atomic E-state index is 14.0. The molecule has 1 saturated heterocycles. The Morgan fingerprint density at radius 1 is 1.11 bits per heavy atom. The van der Waals surface area contributed by atoms with Gasteiger partial charge in [0, 0.05) is 44.7 Å².